The molecule has 0 radical (unpaired) electrons. The maximum atomic E-state index is 12.5. The summed E-state index contributed by atoms with van der Waals surface area (Å²) in [4.78, 5) is 0.299. The van der Waals surface area contributed by atoms with Crippen LogP contribution in [0.25, 0.3) is 0 Å². The molecule has 0 unspecified atom stereocenters. The molecule has 0 spiro atoms. The van der Waals surface area contributed by atoms with Crippen molar-refractivity contribution < 1.29 is 8.42 Å². The first kappa shape index (κ1) is 19.0. The Kier molecular flexibility index (Phi) is 6.14. The van der Waals surface area contributed by atoms with Gasteiger partial charge in [-0.3, -0.25) is 4.72 Å². The highest BCUT2D eigenvalue weighted by molar-refractivity contribution is 7.92. The van der Waals surface area contributed by atoms with Gasteiger partial charge in [0.05, 0.1) is 4.90 Å². The van der Waals surface area contributed by atoms with Crippen molar-refractivity contribution in [2.75, 3.05) is 16.6 Å². The van der Waals surface area contributed by atoms with Gasteiger partial charge in [-0.15, -0.1) is 0 Å². The maximum Gasteiger partial charge on any atom is 0.262 e. The number of anilines is 2. The Labute approximate surface area is 161 Å². The van der Waals surface area contributed by atoms with E-state index in [4.69, 9.17) is 0 Å². The van der Waals surface area contributed by atoms with Gasteiger partial charge < -0.3 is 5.32 Å². The van der Waals surface area contributed by atoms with E-state index in [-0.39, 0.29) is 0 Å². The molecule has 0 bridgehead atoms. The van der Waals surface area contributed by atoms with Gasteiger partial charge in [0, 0.05) is 17.9 Å². The molecule has 2 N–H and O–H groups in total. The van der Waals surface area contributed by atoms with Gasteiger partial charge in [-0.1, -0.05) is 48.5 Å². The molecule has 0 amide bonds. The minimum Gasteiger partial charge on any atom is -0.385 e. The van der Waals surface area contributed by atoms with Crippen LogP contribution in [0.4, 0.5) is 11.4 Å². The quantitative estimate of drug-likeness (QED) is 0.550. The van der Waals surface area contributed by atoms with Crippen molar-refractivity contribution in [2.45, 2.75) is 24.7 Å². The van der Waals surface area contributed by atoms with Crippen LogP contribution in [0.1, 0.15) is 17.5 Å². The molecular weight excluding hydrogens is 356 g/mol. The topological polar surface area (TPSA) is 58.2 Å². The van der Waals surface area contributed by atoms with E-state index in [9.17, 15) is 8.42 Å². The Morgan fingerprint density at radius 3 is 2.11 bits per heavy atom. The number of aryl methyl sites for hydroxylation is 2. The minimum absolute atomic E-state index is 0.299. The molecule has 0 aromatic heterocycles. The van der Waals surface area contributed by atoms with Crippen molar-refractivity contribution in [3.05, 3.63) is 90.0 Å². The lowest BCUT2D eigenvalue weighted by atomic mass is 10.1. The molecule has 0 aliphatic carbocycles. The monoisotopic (exact) mass is 380 g/mol. The van der Waals surface area contributed by atoms with Crippen LogP contribution in [0.3, 0.4) is 0 Å². The van der Waals surface area contributed by atoms with Gasteiger partial charge >= 0.3 is 0 Å². The van der Waals surface area contributed by atoms with E-state index in [2.05, 4.69) is 34.3 Å². The summed E-state index contributed by atoms with van der Waals surface area (Å²) in [7, 11) is -3.58. The van der Waals surface area contributed by atoms with Crippen LogP contribution < -0.4 is 10.0 Å². The van der Waals surface area contributed by atoms with E-state index in [1.807, 2.05) is 24.3 Å². The Bertz CT molecular complexity index is 969. The largest absolute Gasteiger partial charge is 0.385 e. The van der Waals surface area contributed by atoms with E-state index in [1.54, 1.807) is 37.3 Å². The summed E-state index contributed by atoms with van der Waals surface area (Å²) in [6.07, 6.45) is 2.06. The smallest absolute Gasteiger partial charge is 0.262 e. The number of benzene rings is 3. The number of rotatable bonds is 8. The van der Waals surface area contributed by atoms with Gasteiger partial charge in [0.15, 0.2) is 0 Å². The van der Waals surface area contributed by atoms with Crippen LogP contribution >= 0.6 is 0 Å². The Balaban J connectivity index is 1.53. The summed E-state index contributed by atoms with van der Waals surface area (Å²) in [6.45, 7) is 2.65. The highest BCUT2D eigenvalue weighted by atomic mass is 32.2. The van der Waals surface area contributed by atoms with E-state index in [0.717, 1.165) is 30.6 Å². The minimum atomic E-state index is -3.58. The van der Waals surface area contributed by atoms with Gasteiger partial charge in [0.25, 0.3) is 10.0 Å². The Morgan fingerprint density at radius 2 is 1.41 bits per heavy atom. The van der Waals surface area contributed by atoms with Crippen molar-refractivity contribution >= 4 is 21.4 Å². The lowest BCUT2D eigenvalue weighted by Crippen LogP contribution is -2.14. The second kappa shape index (κ2) is 8.73. The zero-order chi connectivity index (χ0) is 19.1. The normalized spacial score (nSPS) is 11.1. The zero-order valence-electron chi connectivity index (χ0n) is 15.4. The second-order valence-corrected chi connectivity index (χ2v) is 8.12. The van der Waals surface area contributed by atoms with E-state index >= 15 is 0 Å². The lowest BCUT2D eigenvalue weighted by molar-refractivity contribution is 0.600. The van der Waals surface area contributed by atoms with Gasteiger partial charge in [0.2, 0.25) is 0 Å². The van der Waals surface area contributed by atoms with Crippen LogP contribution in [0.15, 0.2) is 83.8 Å². The number of hydrogen-bond donors (Lipinski definition) is 2. The molecule has 5 heteroatoms. The molecule has 3 rings (SSSR count). The summed E-state index contributed by atoms with van der Waals surface area (Å²) in [6, 6.07) is 24.7. The third-order valence-electron chi connectivity index (χ3n) is 4.33. The first-order chi connectivity index (χ1) is 13.0. The molecule has 0 saturated carbocycles. The molecular formula is C22H24N2O2S. The van der Waals surface area contributed by atoms with Gasteiger partial charge in [-0.25, -0.2) is 8.42 Å². The molecule has 3 aromatic carbocycles. The van der Waals surface area contributed by atoms with E-state index in [0.29, 0.717) is 10.6 Å². The fraction of sp³-hybridized carbons (Fsp3) is 0.182. The van der Waals surface area contributed by atoms with Crippen molar-refractivity contribution in [3.8, 4) is 0 Å². The lowest BCUT2D eigenvalue weighted by Gasteiger charge is -2.11. The fourth-order valence-electron chi connectivity index (χ4n) is 2.89. The van der Waals surface area contributed by atoms with E-state index in [1.165, 1.54) is 5.56 Å². The first-order valence-electron chi connectivity index (χ1n) is 9.01. The highest BCUT2D eigenvalue weighted by Gasteiger charge is 2.16. The summed E-state index contributed by atoms with van der Waals surface area (Å²) in [5.41, 5.74) is 3.58. The first-order valence-corrected chi connectivity index (χ1v) is 10.5. The molecule has 140 valence electrons. The standard InChI is InChI=1S/C22H24N2O2S/c1-18-8-5-6-12-22(18)27(25,26)24-21-15-13-20(14-16-21)23-17-7-11-19-9-3-2-4-10-19/h2-6,8-10,12-16,23-24H,7,11,17H2,1H3. The van der Waals surface area contributed by atoms with E-state index < -0.39 is 10.0 Å². The SMILES string of the molecule is Cc1ccccc1S(=O)(=O)Nc1ccc(NCCCc2ccccc2)cc1. The van der Waals surface area contributed by atoms with Crippen LogP contribution in [0.5, 0.6) is 0 Å². The molecule has 0 aliphatic heterocycles. The van der Waals surface area contributed by atoms with Crippen molar-refractivity contribution in [2.24, 2.45) is 0 Å². The van der Waals surface area contributed by atoms with Crippen LogP contribution in [0.2, 0.25) is 0 Å². The summed E-state index contributed by atoms with van der Waals surface area (Å²) >= 11 is 0. The number of nitrogens with one attached hydrogen (secondary N) is 2. The van der Waals surface area contributed by atoms with Crippen molar-refractivity contribution in [1.82, 2.24) is 0 Å². The highest BCUT2D eigenvalue weighted by Crippen LogP contribution is 2.20. The molecule has 0 saturated heterocycles. The van der Waals surface area contributed by atoms with Crippen molar-refractivity contribution in [3.63, 3.8) is 0 Å². The second-order valence-electron chi connectivity index (χ2n) is 6.46. The third kappa shape index (κ3) is 5.34. The number of sulfonamides is 1. The Morgan fingerprint density at radius 1 is 0.778 bits per heavy atom. The predicted molar refractivity (Wildman–Crippen MR) is 112 cm³/mol. The van der Waals surface area contributed by atoms with Crippen LogP contribution in [0, 0.1) is 6.92 Å². The molecule has 27 heavy (non-hydrogen) atoms. The summed E-state index contributed by atoms with van der Waals surface area (Å²) < 4.78 is 27.7. The van der Waals surface area contributed by atoms with Crippen LogP contribution in [-0.2, 0) is 16.4 Å². The van der Waals surface area contributed by atoms with Crippen LogP contribution in [-0.4, -0.2) is 15.0 Å². The predicted octanol–water partition coefficient (Wildman–Crippen LogP) is 4.84. The fourth-order valence-corrected chi connectivity index (χ4v) is 4.20. The average molecular weight is 381 g/mol. The molecule has 3 aromatic rings. The summed E-state index contributed by atoms with van der Waals surface area (Å²) in [5, 5.41) is 3.37. The van der Waals surface area contributed by atoms with Gasteiger partial charge in [0.1, 0.15) is 0 Å². The molecule has 4 nitrogen and oxygen atoms in total. The zero-order valence-corrected chi connectivity index (χ0v) is 16.2. The van der Waals surface area contributed by atoms with Gasteiger partial charge in [-0.2, -0.15) is 0 Å². The van der Waals surface area contributed by atoms with Crippen molar-refractivity contribution in [1.29, 1.82) is 0 Å². The Hall–Kier alpha value is -2.79. The average Bonchev–Trinajstić information content (AvgIpc) is 2.67. The van der Waals surface area contributed by atoms with Gasteiger partial charge in [-0.05, 0) is 61.2 Å². The molecule has 0 heterocycles. The molecule has 0 aliphatic rings. The summed E-state index contributed by atoms with van der Waals surface area (Å²) in [5.74, 6) is 0. The molecule has 0 fully saturated rings. The number of hydrogen-bond acceptors (Lipinski definition) is 3. The maximum absolute atomic E-state index is 12.5. The molecule has 0 atom stereocenters. The third-order valence-corrected chi connectivity index (χ3v) is 5.88.